The second-order valence-electron chi connectivity index (χ2n) is 8.28. The van der Waals surface area contributed by atoms with Crippen molar-refractivity contribution in [2.45, 2.75) is 43.2 Å². The van der Waals surface area contributed by atoms with Gasteiger partial charge in [0.2, 0.25) is 0 Å². The second kappa shape index (κ2) is 6.44. The summed E-state index contributed by atoms with van der Waals surface area (Å²) in [6.07, 6.45) is 5.51. The van der Waals surface area contributed by atoms with Crippen molar-refractivity contribution < 1.29 is 4.74 Å². The summed E-state index contributed by atoms with van der Waals surface area (Å²) in [5.41, 5.74) is 2.96. The molecule has 3 heteroatoms. The van der Waals surface area contributed by atoms with Crippen LogP contribution in [0.5, 0.6) is 0 Å². The van der Waals surface area contributed by atoms with E-state index in [1.165, 1.54) is 21.2 Å². The van der Waals surface area contributed by atoms with E-state index >= 15 is 0 Å². The maximum Gasteiger partial charge on any atom is 0.0949 e. The largest absolute Gasteiger partial charge is 0.370 e. The molecule has 0 N–H and O–H groups in total. The first-order valence-electron chi connectivity index (χ1n) is 10.0. The predicted octanol–water partition coefficient (Wildman–Crippen LogP) is 5.70. The van der Waals surface area contributed by atoms with Crippen LogP contribution in [0.4, 0.5) is 0 Å². The molecule has 3 aromatic rings. The molecule has 1 fully saturated rings. The van der Waals surface area contributed by atoms with Crippen LogP contribution >= 0.6 is 11.3 Å². The zero-order valence-corrected chi connectivity index (χ0v) is 17.0. The third-order valence-electron chi connectivity index (χ3n) is 6.88. The molecule has 140 valence electrons. The molecule has 1 aromatic heterocycles. The van der Waals surface area contributed by atoms with Crippen LogP contribution in [0.1, 0.15) is 41.7 Å². The van der Waals surface area contributed by atoms with Crippen molar-refractivity contribution in [2.75, 3.05) is 20.7 Å². The molecule has 5 rings (SSSR count). The van der Waals surface area contributed by atoms with Gasteiger partial charge in [-0.15, -0.1) is 11.3 Å². The molecule has 2 aromatic carbocycles. The van der Waals surface area contributed by atoms with Crippen molar-refractivity contribution in [3.8, 4) is 0 Å². The van der Waals surface area contributed by atoms with Gasteiger partial charge < -0.3 is 4.74 Å². The zero-order chi connectivity index (χ0) is 18.5. The summed E-state index contributed by atoms with van der Waals surface area (Å²) in [5.74, 6) is 0. The van der Waals surface area contributed by atoms with Crippen molar-refractivity contribution in [1.82, 2.24) is 4.90 Å². The molecule has 0 radical (unpaired) electrons. The summed E-state index contributed by atoms with van der Waals surface area (Å²) < 4.78 is 8.01. The Morgan fingerprint density at radius 3 is 2.33 bits per heavy atom. The third-order valence-corrected chi connectivity index (χ3v) is 8.11. The number of benzene rings is 2. The normalized spacial score (nSPS) is 28.0. The molecule has 0 atom stereocenters. The SMILES string of the molecule is CN(C)C1(c2ccccc2)CCC2(CC1)OCCc1sc3ccccc3c12. The highest BCUT2D eigenvalue weighted by Crippen LogP contribution is 2.54. The van der Waals surface area contributed by atoms with Gasteiger partial charge in [-0.05, 0) is 56.8 Å². The highest BCUT2D eigenvalue weighted by molar-refractivity contribution is 7.19. The number of hydrogen-bond donors (Lipinski definition) is 0. The Hall–Kier alpha value is -1.68. The van der Waals surface area contributed by atoms with Crippen LogP contribution in [-0.4, -0.2) is 25.6 Å². The van der Waals surface area contributed by atoms with Gasteiger partial charge in [0, 0.05) is 27.1 Å². The number of fused-ring (bicyclic) bond motifs is 4. The Balaban J connectivity index is 1.56. The molecule has 0 saturated heterocycles. The molecule has 2 aliphatic rings. The first kappa shape index (κ1) is 17.4. The summed E-state index contributed by atoms with van der Waals surface area (Å²) in [6, 6.07) is 20.0. The molecule has 0 amide bonds. The first-order valence-corrected chi connectivity index (χ1v) is 10.8. The maximum absolute atomic E-state index is 6.60. The predicted molar refractivity (Wildman–Crippen MR) is 113 cm³/mol. The topological polar surface area (TPSA) is 12.5 Å². The Kier molecular flexibility index (Phi) is 4.15. The first-order chi connectivity index (χ1) is 13.1. The molecule has 0 unspecified atom stereocenters. The van der Waals surface area contributed by atoms with Crippen LogP contribution in [0, 0.1) is 0 Å². The summed E-state index contributed by atoms with van der Waals surface area (Å²) >= 11 is 1.98. The highest BCUT2D eigenvalue weighted by atomic mass is 32.1. The Bertz CT molecular complexity index is 951. The van der Waals surface area contributed by atoms with Crippen LogP contribution in [0.2, 0.25) is 0 Å². The van der Waals surface area contributed by atoms with Gasteiger partial charge in [0.25, 0.3) is 0 Å². The minimum Gasteiger partial charge on any atom is -0.370 e. The monoisotopic (exact) mass is 377 g/mol. The van der Waals surface area contributed by atoms with Crippen LogP contribution in [0.15, 0.2) is 54.6 Å². The fraction of sp³-hybridized carbons (Fsp3) is 0.417. The van der Waals surface area contributed by atoms with Gasteiger partial charge in [0.05, 0.1) is 12.2 Å². The molecular formula is C24H27NOS. The van der Waals surface area contributed by atoms with Gasteiger partial charge in [0.1, 0.15) is 0 Å². The van der Waals surface area contributed by atoms with Crippen molar-refractivity contribution in [1.29, 1.82) is 0 Å². The fourth-order valence-electron chi connectivity index (χ4n) is 5.39. The summed E-state index contributed by atoms with van der Waals surface area (Å²) in [6.45, 7) is 0.861. The molecular weight excluding hydrogens is 350 g/mol. The molecule has 2 heterocycles. The standard InChI is InChI=1S/C24H27NOS/c1-25(2)23(18-8-4-3-5-9-18)13-15-24(16-14-23)22-19-10-6-7-11-20(19)27-21(22)12-17-26-24/h3-11H,12-17H2,1-2H3. The molecule has 1 aliphatic carbocycles. The van der Waals surface area contributed by atoms with E-state index in [4.69, 9.17) is 4.74 Å². The number of rotatable bonds is 2. The average Bonchev–Trinajstić information content (AvgIpc) is 3.09. The van der Waals surface area contributed by atoms with E-state index in [0.717, 1.165) is 38.7 Å². The zero-order valence-electron chi connectivity index (χ0n) is 16.2. The number of hydrogen-bond acceptors (Lipinski definition) is 3. The number of thiophene rings is 1. The van der Waals surface area contributed by atoms with Crippen LogP contribution in [-0.2, 0) is 22.3 Å². The molecule has 1 saturated carbocycles. The molecule has 27 heavy (non-hydrogen) atoms. The lowest BCUT2D eigenvalue weighted by atomic mass is 9.67. The van der Waals surface area contributed by atoms with E-state index in [2.05, 4.69) is 73.6 Å². The molecule has 2 nitrogen and oxygen atoms in total. The van der Waals surface area contributed by atoms with Crippen molar-refractivity contribution >= 4 is 21.4 Å². The maximum atomic E-state index is 6.60. The lowest BCUT2D eigenvalue weighted by molar-refractivity contribution is -0.109. The van der Waals surface area contributed by atoms with Gasteiger partial charge in [-0.25, -0.2) is 0 Å². The quantitative estimate of drug-likeness (QED) is 0.568. The van der Waals surface area contributed by atoms with Crippen molar-refractivity contribution in [3.05, 3.63) is 70.6 Å². The summed E-state index contributed by atoms with van der Waals surface area (Å²) in [5, 5.41) is 1.43. The molecule has 1 spiro atoms. The lowest BCUT2D eigenvalue weighted by Crippen LogP contribution is -2.49. The number of ether oxygens (including phenoxy) is 1. The summed E-state index contributed by atoms with van der Waals surface area (Å²) in [4.78, 5) is 3.99. The summed E-state index contributed by atoms with van der Waals surface area (Å²) in [7, 11) is 4.47. The fourth-order valence-corrected chi connectivity index (χ4v) is 6.66. The van der Waals surface area contributed by atoms with Crippen molar-refractivity contribution in [2.24, 2.45) is 0 Å². The highest BCUT2D eigenvalue weighted by Gasteiger charge is 2.49. The Morgan fingerprint density at radius 2 is 1.59 bits per heavy atom. The Labute approximate surface area is 165 Å². The minimum absolute atomic E-state index is 0.0958. The van der Waals surface area contributed by atoms with E-state index in [1.54, 1.807) is 4.88 Å². The lowest BCUT2D eigenvalue weighted by Gasteiger charge is -2.51. The number of nitrogens with zero attached hydrogens (tertiary/aromatic N) is 1. The molecule has 1 aliphatic heterocycles. The van der Waals surface area contributed by atoms with Gasteiger partial charge >= 0.3 is 0 Å². The van der Waals surface area contributed by atoms with Gasteiger partial charge in [-0.1, -0.05) is 48.5 Å². The average molecular weight is 378 g/mol. The minimum atomic E-state index is -0.0958. The van der Waals surface area contributed by atoms with E-state index in [-0.39, 0.29) is 11.1 Å². The van der Waals surface area contributed by atoms with E-state index < -0.39 is 0 Å². The van der Waals surface area contributed by atoms with E-state index in [1.807, 2.05) is 11.3 Å². The van der Waals surface area contributed by atoms with Crippen molar-refractivity contribution in [3.63, 3.8) is 0 Å². The third kappa shape index (κ3) is 2.60. The van der Waals surface area contributed by atoms with Gasteiger partial charge in [-0.3, -0.25) is 4.90 Å². The second-order valence-corrected chi connectivity index (χ2v) is 9.42. The van der Waals surface area contributed by atoms with Crippen LogP contribution in [0.25, 0.3) is 10.1 Å². The Morgan fingerprint density at radius 1 is 0.889 bits per heavy atom. The van der Waals surface area contributed by atoms with E-state index in [0.29, 0.717) is 0 Å². The van der Waals surface area contributed by atoms with Crippen LogP contribution < -0.4 is 0 Å². The molecule has 0 bridgehead atoms. The smallest absolute Gasteiger partial charge is 0.0949 e. The van der Waals surface area contributed by atoms with Gasteiger partial charge in [0.15, 0.2) is 0 Å². The van der Waals surface area contributed by atoms with E-state index in [9.17, 15) is 0 Å². The van der Waals surface area contributed by atoms with Gasteiger partial charge in [-0.2, -0.15) is 0 Å². The van der Waals surface area contributed by atoms with Crippen LogP contribution in [0.3, 0.4) is 0 Å².